The van der Waals surface area contributed by atoms with Gasteiger partial charge in [0.1, 0.15) is 0 Å². The van der Waals surface area contributed by atoms with Crippen molar-refractivity contribution in [1.29, 1.82) is 0 Å². The number of aliphatic carboxylic acids is 1. The number of phenols is 1. The predicted octanol–water partition coefficient (Wildman–Crippen LogP) is 4.85. The second-order valence-electron chi connectivity index (χ2n) is 9.91. The molecule has 4 rings (SSSR count). The van der Waals surface area contributed by atoms with Crippen LogP contribution in [0.25, 0.3) is 0 Å². The maximum atomic E-state index is 12.7. The Balaban J connectivity index is 1.62. The molecule has 40 heavy (non-hydrogen) atoms. The molecule has 0 aliphatic carbocycles. The second kappa shape index (κ2) is 14.3. The van der Waals surface area contributed by atoms with Crippen LogP contribution in [0.3, 0.4) is 0 Å². The van der Waals surface area contributed by atoms with Gasteiger partial charge in [-0.25, -0.2) is 9.79 Å². The molecule has 0 amide bonds. The average molecular weight is 569 g/mol. The lowest BCUT2D eigenvalue weighted by Gasteiger charge is -2.38. The van der Waals surface area contributed by atoms with Gasteiger partial charge in [0, 0.05) is 19.2 Å². The molecular formula is C29H36N4O6S. The number of carbonyl (C=O) groups is 1. The zero-order chi connectivity index (χ0) is 28.5. The molecule has 2 aromatic rings. The molecule has 214 valence electrons. The largest absolute Gasteiger partial charge is 0.502 e. The standard InChI is InChI=1S/C29H36N4O6S/c1-40-29-30-23(20-39-18-17-31-14-6-3-7-15-31)26(28(35)36)27(22-12-13-24(33(37)38)25(34)19-22)32(29)16-8-11-21-9-4-2-5-10-21/h2,4-5,9-10,12-13,19,27,34H,3,6-8,11,14-18,20H2,1H3,(H,35,36). The summed E-state index contributed by atoms with van der Waals surface area (Å²) < 4.78 is 5.95. The molecule has 0 aromatic heterocycles. The number of hydrogen-bond acceptors (Lipinski definition) is 9. The molecule has 0 radical (unpaired) electrons. The number of ether oxygens (including phenoxy) is 1. The summed E-state index contributed by atoms with van der Waals surface area (Å²) in [5.41, 5.74) is 1.54. The van der Waals surface area contributed by atoms with Crippen LogP contribution in [0.4, 0.5) is 5.69 Å². The van der Waals surface area contributed by atoms with Gasteiger partial charge in [0.2, 0.25) is 0 Å². The van der Waals surface area contributed by atoms with Crippen LogP contribution < -0.4 is 0 Å². The van der Waals surface area contributed by atoms with Crippen LogP contribution >= 0.6 is 11.8 Å². The average Bonchev–Trinajstić information content (AvgIpc) is 2.96. The van der Waals surface area contributed by atoms with Crippen LogP contribution in [0.1, 0.15) is 42.9 Å². The smallest absolute Gasteiger partial charge is 0.336 e. The van der Waals surface area contributed by atoms with E-state index in [1.54, 1.807) is 0 Å². The van der Waals surface area contributed by atoms with Crippen LogP contribution in [-0.2, 0) is 16.0 Å². The van der Waals surface area contributed by atoms with Crippen LogP contribution in [0.2, 0.25) is 0 Å². The summed E-state index contributed by atoms with van der Waals surface area (Å²) in [5.74, 6) is -1.65. The summed E-state index contributed by atoms with van der Waals surface area (Å²) in [6, 6.07) is 13.2. The van der Waals surface area contributed by atoms with E-state index in [-0.39, 0.29) is 12.2 Å². The Morgan fingerprint density at radius 2 is 1.90 bits per heavy atom. The van der Waals surface area contributed by atoms with E-state index in [9.17, 15) is 25.1 Å². The first-order valence-electron chi connectivity index (χ1n) is 13.6. The Kier molecular flexibility index (Phi) is 10.6. The SMILES string of the molecule is CSC1=NC(COCCN2CCCCC2)=C(C(=O)O)C(c2ccc([N+](=O)[O-])c(O)c2)N1CCCc1ccccc1. The van der Waals surface area contributed by atoms with Crippen molar-refractivity contribution in [2.75, 3.05) is 45.6 Å². The number of aryl methyl sites for hydroxylation is 1. The van der Waals surface area contributed by atoms with Gasteiger partial charge in [-0.3, -0.25) is 10.1 Å². The summed E-state index contributed by atoms with van der Waals surface area (Å²) in [4.78, 5) is 32.4. The van der Waals surface area contributed by atoms with Crippen LogP contribution in [0, 0.1) is 10.1 Å². The number of aromatic hydroxyl groups is 1. The number of piperidine rings is 1. The number of hydrogen-bond donors (Lipinski definition) is 2. The van der Waals surface area contributed by atoms with E-state index in [2.05, 4.69) is 4.90 Å². The van der Waals surface area contributed by atoms with Gasteiger partial charge in [-0.05, 0) is 68.3 Å². The Labute approximate surface area is 238 Å². The molecule has 1 fully saturated rings. The highest BCUT2D eigenvalue weighted by atomic mass is 32.2. The quantitative estimate of drug-likeness (QED) is 0.210. The van der Waals surface area contributed by atoms with Gasteiger partial charge in [-0.2, -0.15) is 0 Å². The van der Waals surface area contributed by atoms with E-state index in [0.717, 1.165) is 32.5 Å². The number of aliphatic imine (C=N–C) groups is 1. The van der Waals surface area contributed by atoms with E-state index >= 15 is 0 Å². The van der Waals surface area contributed by atoms with Crippen molar-refractivity contribution < 1.29 is 24.7 Å². The predicted molar refractivity (Wildman–Crippen MR) is 156 cm³/mol. The normalized spacial score (nSPS) is 18.1. The minimum absolute atomic E-state index is 0.0346. The molecule has 2 N–H and O–H groups in total. The van der Waals surface area contributed by atoms with Crippen molar-refractivity contribution in [3.8, 4) is 5.75 Å². The van der Waals surface area contributed by atoms with Crippen molar-refractivity contribution in [3.05, 3.63) is 81.0 Å². The van der Waals surface area contributed by atoms with E-state index < -0.39 is 28.4 Å². The summed E-state index contributed by atoms with van der Waals surface area (Å²) in [7, 11) is 0. The Bertz CT molecular complexity index is 1250. The molecule has 0 saturated carbocycles. The first kappa shape index (κ1) is 29.6. The van der Waals surface area contributed by atoms with Gasteiger partial charge >= 0.3 is 11.7 Å². The lowest BCUT2D eigenvalue weighted by Crippen LogP contribution is -2.40. The minimum Gasteiger partial charge on any atom is -0.502 e. The summed E-state index contributed by atoms with van der Waals surface area (Å²) in [6.07, 6.45) is 7.01. The van der Waals surface area contributed by atoms with Gasteiger partial charge in [0.05, 0.1) is 35.4 Å². The molecule has 1 atom stereocenters. The van der Waals surface area contributed by atoms with Crippen molar-refractivity contribution in [2.45, 2.75) is 38.1 Å². The minimum atomic E-state index is -1.14. The van der Waals surface area contributed by atoms with E-state index in [1.807, 2.05) is 41.5 Å². The third-order valence-electron chi connectivity index (χ3n) is 7.24. The van der Waals surface area contributed by atoms with Crippen molar-refractivity contribution >= 4 is 28.6 Å². The van der Waals surface area contributed by atoms with Gasteiger partial charge < -0.3 is 24.7 Å². The first-order chi connectivity index (χ1) is 19.4. The van der Waals surface area contributed by atoms with Crippen molar-refractivity contribution in [1.82, 2.24) is 9.80 Å². The number of nitro benzene ring substituents is 1. The summed E-state index contributed by atoms with van der Waals surface area (Å²) >= 11 is 1.40. The Morgan fingerprint density at radius 1 is 1.15 bits per heavy atom. The highest BCUT2D eigenvalue weighted by Crippen LogP contribution is 2.40. The molecular weight excluding hydrogens is 532 g/mol. The molecule has 2 aliphatic rings. The lowest BCUT2D eigenvalue weighted by atomic mass is 9.93. The molecule has 1 saturated heterocycles. The number of likely N-dealkylation sites (tertiary alicyclic amines) is 1. The van der Waals surface area contributed by atoms with Crippen LogP contribution in [0.5, 0.6) is 5.75 Å². The highest BCUT2D eigenvalue weighted by molar-refractivity contribution is 8.13. The fourth-order valence-corrected chi connectivity index (χ4v) is 5.89. The van der Waals surface area contributed by atoms with E-state index in [1.165, 1.54) is 54.8 Å². The fourth-order valence-electron chi connectivity index (χ4n) is 5.26. The maximum Gasteiger partial charge on any atom is 0.336 e. The molecule has 1 unspecified atom stereocenters. The number of nitrogens with zero attached hydrogens (tertiary/aromatic N) is 4. The maximum absolute atomic E-state index is 12.7. The van der Waals surface area contributed by atoms with Gasteiger partial charge in [-0.15, -0.1) is 0 Å². The first-order valence-corrected chi connectivity index (χ1v) is 14.8. The zero-order valence-corrected chi connectivity index (χ0v) is 23.5. The van der Waals surface area contributed by atoms with Crippen LogP contribution in [0.15, 0.2) is 64.8 Å². The number of rotatable bonds is 12. The number of nitro groups is 1. The van der Waals surface area contributed by atoms with Gasteiger partial charge in [-0.1, -0.05) is 48.5 Å². The zero-order valence-electron chi connectivity index (χ0n) is 22.7. The fraction of sp³-hybridized carbons (Fsp3) is 0.448. The van der Waals surface area contributed by atoms with E-state index in [0.29, 0.717) is 29.6 Å². The Morgan fingerprint density at radius 3 is 2.55 bits per heavy atom. The number of carboxylic acids is 1. The number of amidine groups is 1. The Hall–Kier alpha value is -3.41. The van der Waals surface area contributed by atoms with Crippen molar-refractivity contribution in [2.24, 2.45) is 4.99 Å². The number of benzene rings is 2. The molecule has 2 heterocycles. The van der Waals surface area contributed by atoms with Gasteiger partial charge in [0.15, 0.2) is 10.9 Å². The lowest BCUT2D eigenvalue weighted by molar-refractivity contribution is -0.385. The molecule has 11 heteroatoms. The molecule has 2 aliphatic heterocycles. The molecule has 2 aromatic carbocycles. The van der Waals surface area contributed by atoms with E-state index in [4.69, 9.17) is 9.73 Å². The van der Waals surface area contributed by atoms with Gasteiger partial charge in [0.25, 0.3) is 0 Å². The monoisotopic (exact) mass is 568 g/mol. The number of phenolic OH excluding ortho intramolecular Hbond substituents is 1. The highest BCUT2D eigenvalue weighted by Gasteiger charge is 2.37. The van der Waals surface area contributed by atoms with Crippen molar-refractivity contribution in [3.63, 3.8) is 0 Å². The summed E-state index contributed by atoms with van der Waals surface area (Å²) in [6.45, 7) is 3.86. The molecule has 0 spiro atoms. The summed E-state index contributed by atoms with van der Waals surface area (Å²) in [5, 5.41) is 32.8. The molecule has 0 bridgehead atoms. The third-order valence-corrected chi connectivity index (χ3v) is 7.93. The molecule has 10 nitrogen and oxygen atoms in total. The number of thioether (sulfide) groups is 1. The van der Waals surface area contributed by atoms with Crippen LogP contribution in [-0.4, -0.2) is 81.7 Å². The second-order valence-corrected chi connectivity index (χ2v) is 10.7. The topological polar surface area (TPSA) is 129 Å². The third kappa shape index (κ3) is 7.41. The number of carboxylic acid groups (broad SMARTS) is 1.